The van der Waals surface area contributed by atoms with Crippen molar-refractivity contribution in [1.29, 1.82) is 0 Å². The molecule has 0 radical (unpaired) electrons. The van der Waals surface area contributed by atoms with Gasteiger partial charge in [-0.05, 0) is 45.4 Å². The van der Waals surface area contributed by atoms with Gasteiger partial charge in [0.05, 0.1) is 6.10 Å². The van der Waals surface area contributed by atoms with Crippen LogP contribution in [0.25, 0.3) is 0 Å². The van der Waals surface area contributed by atoms with Crippen molar-refractivity contribution in [2.24, 2.45) is 0 Å². The first-order valence-corrected chi connectivity index (χ1v) is 7.82. The third-order valence-electron chi connectivity index (χ3n) is 3.80. The molecule has 0 aliphatic carbocycles. The van der Waals surface area contributed by atoms with E-state index >= 15 is 0 Å². The molecule has 0 saturated carbocycles. The van der Waals surface area contributed by atoms with Crippen LogP contribution in [0.5, 0.6) is 11.5 Å². The Hall–Kier alpha value is -1.85. The molecule has 1 amide bonds. The molecule has 0 unspecified atom stereocenters. The largest absolute Gasteiger partial charge is 0.487 e. The van der Waals surface area contributed by atoms with Crippen molar-refractivity contribution in [3.63, 3.8) is 0 Å². The van der Waals surface area contributed by atoms with Crippen LogP contribution in [-0.2, 0) is 4.79 Å². The smallest absolute Gasteiger partial charge is 0.387 e. The summed E-state index contributed by atoms with van der Waals surface area (Å²) in [6, 6.07) is 5.08. The third kappa shape index (κ3) is 4.33. The van der Waals surface area contributed by atoms with E-state index in [2.05, 4.69) is 4.74 Å². The molecule has 1 heterocycles. The molecule has 0 N–H and O–H groups in total. The lowest BCUT2D eigenvalue weighted by atomic mass is 9.98. The average Bonchev–Trinajstić information content (AvgIpc) is 2.82. The number of hydrogen-bond acceptors (Lipinski definition) is 3. The first kappa shape index (κ1) is 17.5. The van der Waals surface area contributed by atoms with E-state index in [1.165, 1.54) is 6.07 Å². The van der Waals surface area contributed by atoms with Gasteiger partial charge in [-0.15, -0.1) is 0 Å². The highest BCUT2D eigenvalue weighted by Crippen LogP contribution is 2.36. The van der Waals surface area contributed by atoms with Crippen LogP contribution in [0.15, 0.2) is 18.2 Å². The molecule has 2 rings (SSSR count). The number of halogens is 2. The maximum atomic E-state index is 12.5. The van der Waals surface area contributed by atoms with Gasteiger partial charge in [0.15, 0.2) is 11.5 Å². The number of alkyl halides is 2. The zero-order valence-corrected chi connectivity index (χ0v) is 13.9. The molecular formula is C17H23F2NO3. The van der Waals surface area contributed by atoms with Crippen LogP contribution in [-0.4, -0.2) is 36.1 Å². The first-order chi connectivity index (χ1) is 10.8. The summed E-state index contributed by atoms with van der Waals surface area (Å²) in [4.78, 5) is 13.9. The topological polar surface area (TPSA) is 38.8 Å². The Balaban J connectivity index is 2.25. The van der Waals surface area contributed by atoms with E-state index < -0.39 is 6.61 Å². The summed E-state index contributed by atoms with van der Waals surface area (Å²) < 4.78 is 35.1. The van der Waals surface area contributed by atoms with E-state index in [4.69, 9.17) is 4.74 Å². The second kappa shape index (κ2) is 7.15. The van der Waals surface area contributed by atoms with Gasteiger partial charge in [0.25, 0.3) is 0 Å². The SMILES string of the molecule is CC(C)Oc1cc([C@H]2CC(=O)N(C(C)C)C2)ccc1OC(F)F. The number of carbonyl (C=O) groups is 1. The van der Waals surface area contributed by atoms with Crippen molar-refractivity contribution in [3.8, 4) is 11.5 Å². The minimum Gasteiger partial charge on any atom is -0.487 e. The third-order valence-corrected chi connectivity index (χ3v) is 3.80. The van der Waals surface area contributed by atoms with Gasteiger partial charge in [0.1, 0.15) is 0 Å². The Kier molecular flexibility index (Phi) is 5.44. The molecule has 1 aliphatic heterocycles. The maximum absolute atomic E-state index is 12.5. The number of nitrogens with zero attached hydrogens (tertiary/aromatic N) is 1. The van der Waals surface area contributed by atoms with Crippen LogP contribution >= 0.6 is 0 Å². The predicted octanol–water partition coefficient (Wildman–Crippen LogP) is 3.80. The summed E-state index contributed by atoms with van der Waals surface area (Å²) in [7, 11) is 0. The van der Waals surface area contributed by atoms with Gasteiger partial charge in [-0.25, -0.2) is 0 Å². The number of amides is 1. The molecule has 128 valence electrons. The molecule has 0 spiro atoms. The van der Waals surface area contributed by atoms with Crippen LogP contribution < -0.4 is 9.47 Å². The van der Waals surface area contributed by atoms with E-state index in [1.54, 1.807) is 12.1 Å². The number of benzene rings is 1. The van der Waals surface area contributed by atoms with Gasteiger partial charge < -0.3 is 14.4 Å². The molecule has 23 heavy (non-hydrogen) atoms. The summed E-state index contributed by atoms with van der Waals surface area (Å²) in [6.45, 7) is 5.32. The Morgan fingerprint density at radius 2 is 1.83 bits per heavy atom. The number of ether oxygens (including phenoxy) is 2. The van der Waals surface area contributed by atoms with Crippen LogP contribution in [0.1, 0.15) is 45.6 Å². The van der Waals surface area contributed by atoms with Crippen LogP contribution in [0, 0.1) is 0 Å². The molecule has 4 nitrogen and oxygen atoms in total. The number of likely N-dealkylation sites (tertiary alicyclic amines) is 1. The lowest BCUT2D eigenvalue weighted by Crippen LogP contribution is -2.31. The summed E-state index contributed by atoms with van der Waals surface area (Å²) in [5.41, 5.74) is 0.902. The predicted molar refractivity (Wildman–Crippen MR) is 83.0 cm³/mol. The van der Waals surface area contributed by atoms with E-state index in [9.17, 15) is 13.6 Å². The highest BCUT2D eigenvalue weighted by molar-refractivity contribution is 5.80. The summed E-state index contributed by atoms with van der Waals surface area (Å²) in [5, 5.41) is 0. The molecule has 1 fully saturated rings. The highest BCUT2D eigenvalue weighted by Gasteiger charge is 2.32. The molecular weight excluding hydrogens is 304 g/mol. The zero-order chi connectivity index (χ0) is 17.1. The molecule has 1 aromatic carbocycles. The van der Waals surface area contributed by atoms with Crippen LogP contribution in [0.2, 0.25) is 0 Å². The lowest BCUT2D eigenvalue weighted by molar-refractivity contribution is -0.129. The number of carbonyl (C=O) groups excluding carboxylic acids is 1. The molecule has 0 bridgehead atoms. The van der Waals surface area contributed by atoms with Crippen LogP contribution in [0.3, 0.4) is 0 Å². The van der Waals surface area contributed by atoms with E-state index in [1.807, 2.05) is 32.6 Å². The van der Waals surface area contributed by atoms with Crippen molar-refractivity contribution in [2.75, 3.05) is 6.54 Å². The fourth-order valence-electron chi connectivity index (χ4n) is 2.77. The molecule has 0 aromatic heterocycles. The van der Waals surface area contributed by atoms with E-state index in [-0.39, 0.29) is 35.5 Å². The fraction of sp³-hybridized carbons (Fsp3) is 0.588. The highest BCUT2D eigenvalue weighted by atomic mass is 19.3. The second-order valence-electron chi connectivity index (χ2n) is 6.29. The lowest BCUT2D eigenvalue weighted by Gasteiger charge is -2.21. The van der Waals surface area contributed by atoms with Gasteiger partial charge in [0.2, 0.25) is 5.91 Å². The standard InChI is InChI=1S/C17H23F2NO3/c1-10(2)20-9-13(8-16(20)21)12-5-6-14(23-17(18)19)15(7-12)22-11(3)4/h5-7,10-11,13,17H,8-9H2,1-4H3/t13-/m0/s1. The zero-order valence-electron chi connectivity index (χ0n) is 13.9. The summed E-state index contributed by atoms with van der Waals surface area (Å²) in [6.07, 6.45) is 0.261. The van der Waals surface area contributed by atoms with Gasteiger partial charge in [0, 0.05) is 24.9 Å². The van der Waals surface area contributed by atoms with Crippen molar-refractivity contribution < 1.29 is 23.0 Å². The van der Waals surface area contributed by atoms with Gasteiger partial charge >= 0.3 is 6.61 Å². The number of hydrogen-bond donors (Lipinski definition) is 0. The minimum absolute atomic E-state index is 0.0162. The van der Waals surface area contributed by atoms with Crippen molar-refractivity contribution in [1.82, 2.24) is 4.90 Å². The van der Waals surface area contributed by atoms with E-state index in [0.29, 0.717) is 13.0 Å². The Morgan fingerprint density at radius 3 is 2.35 bits per heavy atom. The molecule has 6 heteroatoms. The van der Waals surface area contributed by atoms with Gasteiger partial charge in [-0.3, -0.25) is 4.79 Å². The summed E-state index contributed by atoms with van der Waals surface area (Å²) >= 11 is 0. The monoisotopic (exact) mass is 327 g/mol. The Morgan fingerprint density at radius 1 is 1.13 bits per heavy atom. The molecule has 1 saturated heterocycles. The van der Waals surface area contributed by atoms with E-state index in [0.717, 1.165) is 5.56 Å². The molecule has 1 aromatic rings. The maximum Gasteiger partial charge on any atom is 0.387 e. The average molecular weight is 327 g/mol. The Labute approximate surface area is 135 Å². The minimum atomic E-state index is -2.90. The van der Waals surface area contributed by atoms with Crippen molar-refractivity contribution in [3.05, 3.63) is 23.8 Å². The molecule has 1 atom stereocenters. The molecule has 1 aliphatic rings. The van der Waals surface area contributed by atoms with Gasteiger partial charge in [-0.1, -0.05) is 6.07 Å². The first-order valence-electron chi connectivity index (χ1n) is 7.82. The van der Waals surface area contributed by atoms with Crippen molar-refractivity contribution in [2.45, 2.75) is 58.8 Å². The second-order valence-corrected chi connectivity index (χ2v) is 6.29. The fourth-order valence-corrected chi connectivity index (χ4v) is 2.77. The van der Waals surface area contributed by atoms with Gasteiger partial charge in [-0.2, -0.15) is 8.78 Å². The van der Waals surface area contributed by atoms with Crippen molar-refractivity contribution >= 4 is 5.91 Å². The quantitative estimate of drug-likeness (QED) is 0.798. The summed E-state index contributed by atoms with van der Waals surface area (Å²) in [5.74, 6) is 0.458. The Bertz CT molecular complexity index is 561. The number of rotatable bonds is 6. The van der Waals surface area contributed by atoms with Crippen LogP contribution in [0.4, 0.5) is 8.78 Å². The normalized spacial score (nSPS) is 18.4.